The Hall–Kier alpha value is -2.11. The van der Waals surface area contributed by atoms with Crippen LogP contribution in [0.5, 0.6) is 0 Å². The van der Waals surface area contributed by atoms with E-state index in [0.717, 1.165) is 5.56 Å². The first-order valence-corrected chi connectivity index (χ1v) is 4.78. The summed E-state index contributed by atoms with van der Waals surface area (Å²) in [5.41, 5.74) is 6.54. The second-order valence-corrected chi connectivity index (χ2v) is 3.40. The van der Waals surface area contributed by atoms with Gasteiger partial charge < -0.3 is 11.1 Å². The van der Waals surface area contributed by atoms with Crippen molar-refractivity contribution in [1.82, 2.24) is 0 Å². The number of carbonyl (C=O) groups excluding carboxylic acids is 1. The van der Waals surface area contributed by atoms with Gasteiger partial charge in [-0.15, -0.1) is 0 Å². The first-order valence-electron chi connectivity index (χ1n) is 4.78. The van der Waals surface area contributed by atoms with Crippen molar-refractivity contribution in [2.45, 2.75) is 13.3 Å². The summed E-state index contributed by atoms with van der Waals surface area (Å²) in [6.45, 7) is 2.20. The van der Waals surface area contributed by atoms with Gasteiger partial charge in [0, 0.05) is 30.8 Å². The smallest absolute Gasteiger partial charge is 0.271 e. The Balaban J connectivity index is 2.74. The van der Waals surface area contributed by atoms with Gasteiger partial charge in [0.1, 0.15) is 0 Å². The molecule has 1 aromatic rings. The van der Waals surface area contributed by atoms with Crippen molar-refractivity contribution in [3.8, 4) is 0 Å². The molecule has 0 fully saturated rings. The molecule has 0 aliphatic heterocycles. The lowest BCUT2D eigenvalue weighted by atomic mass is 10.2. The summed E-state index contributed by atoms with van der Waals surface area (Å²) in [4.78, 5) is 20.6. The van der Waals surface area contributed by atoms with E-state index in [9.17, 15) is 14.9 Å². The van der Waals surface area contributed by atoms with Crippen LogP contribution in [0, 0.1) is 17.0 Å². The second kappa shape index (κ2) is 5.11. The van der Waals surface area contributed by atoms with Crippen LogP contribution in [-0.4, -0.2) is 17.4 Å². The summed E-state index contributed by atoms with van der Waals surface area (Å²) >= 11 is 0. The predicted octanol–water partition coefficient (Wildman–Crippen LogP) is 1.19. The quantitative estimate of drug-likeness (QED) is 0.578. The topological polar surface area (TPSA) is 98.3 Å². The van der Waals surface area contributed by atoms with Gasteiger partial charge >= 0.3 is 0 Å². The minimum atomic E-state index is -0.460. The highest BCUT2D eigenvalue weighted by molar-refractivity contribution is 5.74. The molecule has 0 saturated carbocycles. The van der Waals surface area contributed by atoms with Crippen molar-refractivity contribution in [3.05, 3.63) is 33.9 Å². The molecule has 0 unspecified atom stereocenters. The average molecular weight is 223 g/mol. The first-order chi connectivity index (χ1) is 7.50. The van der Waals surface area contributed by atoms with Crippen LogP contribution in [-0.2, 0) is 4.79 Å². The normalized spacial score (nSPS) is 9.81. The third-order valence-corrected chi connectivity index (χ3v) is 2.12. The Morgan fingerprint density at radius 1 is 1.56 bits per heavy atom. The molecule has 1 amide bonds. The average Bonchev–Trinajstić information content (AvgIpc) is 2.20. The fourth-order valence-corrected chi connectivity index (χ4v) is 1.23. The monoisotopic (exact) mass is 223 g/mol. The Kier molecular flexibility index (Phi) is 3.82. The number of hydrogen-bond acceptors (Lipinski definition) is 4. The highest BCUT2D eigenvalue weighted by Crippen LogP contribution is 2.21. The number of benzene rings is 1. The molecule has 0 atom stereocenters. The van der Waals surface area contributed by atoms with E-state index in [1.165, 1.54) is 12.1 Å². The van der Waals surface area contributed by atoms with Crippen LogP contribution in [0.3, 0.4) is 0 Å². The summed E-state index contributed by atoms with van der Waals surface area (Å²) in [5, 5.41) is 13.5. The molecule has 1 rings (SSSR count). The van der Waals surface area contributed by atoms with E-state index in [2.05, 4.69) is 5.32 Å². The maximum Gasteiger partial charge on any atom is 0.271 e. The van der Waals surface area contributed by atoms with Crippen molar-refractivity contribution >= 4 is 17.3 Å². The molecule has 0 aromatic heterocycles. The second-order valence-electron chi connectivity index (χ2n) is 3.40. The summed E-state index contributed by atoms with van der Waals surface area (Å²) in [6, 6.07) is 4.54. The summed E-state index contributed by atoms with van der Waals surface area (Å²) in [6.07, 6.45) is 0.197. The van der Waals surface area contributed by atoms with Crippen molar-refractivity contribution in [3.63, 3.8) is 0 Å². The van der Waals surface area contributed by atoms with Gasteiger partial charge in [0.25, 0.3) is 5.69 Å². The fraction of sp³-hybridized carbons (Fsp3) is 0.300. The van der Waals surface area contributed by atoms with Gasteiger partial charge in [-0.25, -0.2) is 0 Å². The zero-order valence-electron chi connectivity index (χ0n) is 8.90. The van der Waals surface area contributed by atoms with E-state index >= 15 is 0 Å². The minimum absolute atomic E-state index is 0.0205. The third-order valence-electron chi connectivity index (χ3n) is 2.12. The van der Waals surface area contributed by atoms with Gasteiger partial charge in [0.15, 0.2) is 0 Å². The molecule has 6 heteroatoms. The van der Waals surface area contributed by atoms with Crippen LogP contribution in [0.15, 0.2) is 18.2 Å². The number of aryl methyl sites for hydroxylation is 1. The Morgan fingerprint density at radius 3 is 2.81 bits per heavy atom. The van der Waals surface area contributed by atoms with Crippen LogP contribution in [0.25, 0.3) is 0 Å². The number of amides is 1. The van der Waals surface area contributed by atoms with Crippen molar-refractivity contribution in [2.75, 3.05) is 11.9 Å². The SMILES string of the molecule is Cc1ccc([N+](=O)[O-])cc1NCCC(N)=O. The van der Waals surface area contributed by atoms with Crippen LogP contribution in [0.1, 0.15) is 12.0 Å². The van der Waals surface area contributed by atoms with E-state index in [0.29, 0.717) is 12.2 Å². The largest absolute Gasteiger partial charge is 0.384 e. The maximum atomic E-state index is 10.6. The molecule has 16 heavy (non-hydrogen) atoms. The molecule has 0 aliphatic rings. The van der Waals surface area contributed by atoms with E-state index in [1.807, 2.05) is 6.92 Å². The molecule has 0 bridgehead atoms. The number of carbonyl (C=O) groups is 1. The van der Waals surface area contributed by atoms with Gasteiger partial charge in [-0.2, -0.15) is 0 Å². The lowest BCUT2D eigenvalue weighted by Crippen LogP contribution is -2.16. The number of anilines is 1. The number of non-ortho nitro benzene ring substituents is 1. The molecule has 0 radical (unpaired) electrons. The lowest BCUT2D eigenvalue weighted by Gasteiger charge is -2.07. The molecule has 0 spiro atoms. The van der Waals surface area contributed by atoms with E-state index < -0.39 is 10.8 Å². The maximum absolute atomic E-state index is 10.6. The summed E-state index contributed by atoms with van der Waals surface area (Å²) < 4.78 is 0. The molecular weight excluding hydrogens is 210 g/mol. The fourth-order valence-electron chi connectivity index (χ4n) is 1.23. The Labute approximate surface area is 92.6 Å². The van der Waals surface area contributed by atoms with Crippen molar-refractivity contribution in [2.24, 2.45) is 5.73 Å². The summed E-state index contributed by atoms with van der Waals surface area (Å²) in [5.74, 6) is -0.407. The van der Waals surface area contributed by atoms with Crippen LogP contribution in [0.4, 0.5) is 11.4 Å². The van der Waals surface area contributed by atoms with E-state index in [-0.39, 0.29) is 12.1 Å². The highest BCUT2D eigenvalue weighted by Gasteiger charge is 2.08. The van der Waals surface area contributed by atoms with Gasteiger partial charge in [-0.05, 0) is 12.5 Å². The van der Waals surface area contributed by atoms with Crippen molar-refractivity contribution in [1.29, 1.82) is 0 Å². The minimum Gasteiger partial charge on any atom is -0.384 e. The molecule has 1 aromatic carbocycles. The number of nitro benzene ring substituents is 1. The van der Waals surface area contributed by atoms with Crippen molar-refractivity contribution < 1.29 is 9.72 Å². The molecular formula is C10H13N3O3. The molecule has 0 saturated heterocycles. The lowest BCUT2D eigenvalue weighted by molar-refractivity contribution is -0.384. The predicted molar refractivity (Wildman–Crippen MR) is 60.1 cm³/mol. The highest BCUT2D eigenvalue weighted by atomic mass is 16.6. The molecule has 3 N–H and O–H groups in total. The number of hydrogen-bond donors (Lipinski definition) is 2. The third kappa shape index (κ3) is 3.23. The molecule has 0 heterocycles. The van der Waals surface area contributed by atoms with Crippen LogP contribution in [0.2, 0.25) is 0 Å². The van der Waals surface area contributed by atoms with Crippen LogP contribution < -0.4 is 11.1 Å². The Morgan fingerprint density at radius 2 is 2.25 bits per heavy atom. The van der Waals surface area contributed by atoms with Crippen LogP contribution >= 0.6 is 0 Å². The number of rotatable bonds is 5. The first kappa shape index (κ1) is 12.0. The standard InChI is InChI=1S/C10H13N3O3/c1-7-2-3-8(13(15)16)6-9(7)12-5-4-10(11)14/h2-3,6,12H,4-5H2,1H3,(H2,11,14). The molecule has 0 aliphatic carbocycles. The number of primary amides is 1. The zero-order chi connectivity index (χ0) is 12.1. The number of nitrogens with one attached hydrogen (secondary N) is 1. The van der Waals surface area contributed by atoms with Gasteiger partial charge in [0.05, 0.1) is 4.92 Å². The number of nitro groups is 1. The Bertz CT molecular complexity index is 418. The van der Waals surface area contributed by atoms with Gasteiger partial charge in [-0.1, -0.05) is 6.07 Å². The van der Waals surface area contributed by atoms with E-state index in [1.54, 1.807) is 6.07 Å². The number of nitrogens with zero attached hydrogens (tertiary/aromatic N) is 1. The van der Waals surface area contributed by atoms with Gasteiger partial charge in [-0.3, -0.25) is 14.9 Å². The molecule has 86 valence electrons. The molecule has 6 nitrogen and oxygen atoms in total. The summed E-state index contributed by atoms with van der Waals surface area (Å²) in [7, 11) is 0. The zero-order valence-corrected chi connectivity index (χ0v) is 8.90. The number of nitrogens with two attached hydrogens (primary N) is 1. The van der Waals surface area contributed by atoms with E-state index in [4.69, 9.17) is 5.73 Å². The van der Waals surface area contributed by atoms with Gasteiger partial charge in [0.2, 0.25) is 5.91 Å².